The van der Waals surface area contributed by atoms with Gasteiger partial charge in [0.25, 0.3) is 5.91 Å². The fraction of sp³-hybridized carbons (Fsp3) is 0.462. The molecule has 0 spiro atoms. The van der Waals surface area contributed by atoms with Crippen LogP contribution in [0.15, 0.2) is 41.5 Å². The predicted molar refractivity (Wildman–Crippen MR) is 131 cm³/mol. The van der Waals surface area contributed by atoms with Gasteiger partial charge in [-0.3, -0.25) is 4.79 Å². The van der Waals surface area contributed by atoms with Crippen molar-refractivity contribution in [2.75, 3.05) is 31.6 Å². The van der Waals surface area contributed by atoms with Crippen LogP contribution in [0.4, 0.5) is 5.82 Å². The molecule has 4 heterocycles. The first-order valence-electron chi connectivity index (χ1n) is 12.0. The van der Waals surface area contributed by atoms with E-state index in [2.05, 4.69) is 29.1 Å². The third-order valence-corrected chi connectivity index (χ3v) is 6.88. The molecule has 7 nitrogen and oxygen atoms in total. The SMILES string of the molecule is CN=CC1CCN(c2nc3cc(C4CCCCN4C(=O)c4cccc(C)c4)nn3cc2C)C1. The number of hydrogen-bond donors (Lipinski definition) is 0. The standard InChI is InChI=1S/C26H32N6O/c1-18-7-6-8-21(13-18)26(33)31-11-5-4-9-23(31)22-14-24-28-25(19(2)16-32(24)29-22)30-12-10-20(17-30)15-27-3/h6-8,13-16,20,23H,4-5,9-12,17H2,1-3H3. The summed E-state index contributed by atoms with van der Waals surface area (Å²) < 4.78 is 1.87. The number of likely N-dealkylation sites (tertiary alicyclic amines) is 1. The lowest BCUT2D eigenvalue weighted by molar-refractivity contribution is 0.0605. The number of anilines is 1. The summed E-state index contributed by atoms with van der Waals surface area (Å²) in [6.07, 6.45) is 8.28. The maximum absolute atomic E-state index is 13.4. The average molecular weight is 445 g/mol. The molecule has 2 atom stereocenters. The van der Waals surface area contributed by atoms with Crippen molar-refractivity contribution in [1.82, 2.24) is 19.5 Å². The van der Waals surface area contributed by atoms with Crippen LogP contribution in [0.5, 0.6) is 0 Å². The van der Waals surface area contributed by atoms with Crippen LogP contribution in [-0.4, -0.2) is 58.3 Å². The van der Waals surface area contributed by atoms with Crippen molar-refractivity contribution in [3.05, 3.63) is 58.9 Å². The van der Waals surface area contributed by atoms with Gasteiger partial charge in [0.05, 0.1) is 11.7 Å². The minimum atomic E-state index is -0.0193. The number of carbonyl (C=O) groups is 1. The molecule has 2 aliphatic heterocycles. The van der Waals surface area contributed by atoms with Crippen LogP contribution in [0.3, 0.4) is 0 Å². The van der Waals surface area contributed by atoms with Crippen LogP contribution in [0.25, 0.3) is 5.65 Å². The topological polar surface area (TPSA) is 66.1 Å². The number of aromatic nitrogens is 3. The highest BCUT2D eigenvalue weighted by Crippen LogP contribution is 2.33. The van der Waals surface area contributed by atoms with Gasteiger partial charge in [0, 0.05) is 62.2 Å². The summed E-state index contributed by atoms with van der Waals surface area (Å²) in [5, 5.41) is 4.87. The van der Waals surface area contributed by atoms with Gasteiger partial charge in [-0.2, -0.15) is 5.10 Å². The first-order chi connectivity index (χ1) is 16.0. The lowest BCUT2D eigenvalue weighted by Gasteiger charge is -2.34. The van der Waals surface area contributed by atoms with Crippen molar-refractivity contribution < 1.29 is 4.79 Å². The van der Waals surface area contributed by atoms with Crippen LogP contribution in [0, 0.1) is 19.8 Å². The summed E-state index contributed by atoms with van der Waals surface area (Å²) in [7, 11) is 1.84. The van der Waals surface area contributed by atoms with Crippen molar-refractivity contribution in [1.29, 1.82) is 0 Å². The Balaban J connectivity index is 1.44. The Labute approximate surface area is 195 Å². The van der Waals surface area contributed by atoms with Crippen molar-refractivity contribution in [3.63, 3.8) is 0 Å². The Hall–Kier alpha value is -3.22. The third-order valence-electron chi connectivity index (χ3n) is 6.88. The van der Waals surface area contributed by atoms with Crippen LogP contribution in [-0.2, 0) is 0 Å². The van der Waals surface area contributed by atoms with Gasteiger partial charge in [0.15, 0.2) is 5.65 Å². The Kier molecular flexibility index (Phi) is 5.87. The minimum Gasteiger partial charge on any atom is -0.356 e. The molecular weight excluding hydrogens is 412 g/mol. The summed E-state index contributed by atoms with van der Waals surface area (Å²) >= 11 is 0. The summed E-state index contributed by atoms with van der Waals surface area (Å²) in [5.41, 5.74) is 4.73. The molecule has 2 saturated heterocycles. The molecule has 0 bridgehead atoms. The highest BCUT2D eigenvalue weighted by Gasteiger charge is 2.31. The van der Waals surface area contributed by atoms with Gasteiger partial charge in [0.2, 0.25) is 0 Å². The molecule has 7 heteroatoms. The molecule has 0 saturated carbocycles. The van der Waals surface area contributed by atoms with E-state index in [1.165, 1.54) is 0 Å². The van der Waals surface area contributed by atoms with Crippen LogP contribution in [0.1, 0.15) is 58.9 Å². The molecule has 33 heavy (non-hydrogen) atoms. The normalized spacial score (nSPS) is 21.4. The highest BCUT2D eigenvalue weighted by atomic mass is 16.2. The Morgan fingerprint density at radius 1 is 1.15 bits per heavy atom. The maximum atomic E-state index is 13.4. The molecule has 0 radical (unpaired) electrons. The summed E-state index contributed by atoms with van der Waals surface area (Å²) in [6, 6.07) is 9.91. The van der Waals surface area contributed by atoms with Crippen LogP contribution < -0.4 is 4.90 Å². The number of nitrogens with zero attached hydrogens (tertiary/aromatic N) is 6. The summed E-state index contributed by atoms with van der Waals surface area (Å²) in [6.45, 7) is 6.82. The predicted octanol–water partition coefficient (Wildman–Crippen LogP) is 4.24. The van der Waals surface area contributed by atoms with E-state index >= 15 is 0 Å². The van der Waals surface area contributed by atoms with Gasteiger partial charge >= 0.3 is 0 Å². The van der Waals surface area contributed by atoms with Crippen molar-refractivity contribution in [2.45, 2.75) is 45.6 Å². The van der Waals surface area contributed by atoms with Crippen molar-refractivity contribution in [2.24, 2.45) is 10.9 Å². The number of carbonyl (C=O) groups excluding carboxylic acids is 1. The molecule has 172 valence electrons. The second kappa shape index (κ2) is 8.96. The monoisotopic (exact) mass is 444 g/mol. The van der Waals surface area contributed by atoms with Gasteiger partial charge in [-0.1, -0.05) is 17.7 Å². The highest BCUT2D eigenvalue weighted by molar-refractivity contribution is 5.94. The second-order valence-electron chi connectivity index (χ2n) is 9.40. The fourth-order valence-corrected chi connectivity index (χ4v) is 5.24. The number of fused-ring (bicyclic) bond motifs is 1. The van der Waals surface area contributed by atoms with Gasteiger partial charge in [-0.05, 0) is 51.7 Å². The molecule has 5 rings (SSSR count). The van der Waals surface area contributed by atoms with Gasteiger partial charge < -0.3 is 14.8 Å². The lowest BCUT2D eigenvalue weighted by Crippen LogP contribution is -2.38. The van der Waals surface area contributed by atoms with Gasteiger partial charge in [-0.15, -0.1) is 0 Å². The number of rotatable bonds is 4. The third kappa shape index (κ3) is 4.24. The smallest absolute Gasteiger partial charge is 0.254 e. The molecule has 0 N–H and O–H groups in total. The van der Waals surface area contributed by atoms with Crippen molar-refractivity contribution in [3.8, 4) is 0 Å². The van der Waals surface area contributed by atoms with E-state index in [9.17, 15) is 4.79 Å². The van der Waals surface area contributed by atoms with Crippen molar-refractivity contribution >= 4 is 23.6 Å². The van der Waals surface area contributed by atoms with E-state index in [0.29, 0.717) is 5.92 Å². The molecular formula is C26H32N6O. The molecule has 3 aromatic rings. The minimum absolute atomic E-state index is 0.0193. The fourth-order valence-electron chi connectivity index (χ4n) is 5.24. The largest absolute Gasteiger partial charge is 0.356 e. The quantitative estimate of drug-likeness (QED) is 0.565. The first-order valence-corrected chi connectivity index (χ1v) is 12.0. The first kappa shape index (κ1) is 21.6. The molecule has 1 aromatic carbocycles. The molecule has 0 aliphatic carbocycles. The number of benzene rings is 1. The number of amides is 1. The van der Waals surface area contributed by atoms with E-state index < -0.39 is 0 Å². The zero-order chi connectivity index (χ0) is 22.9. The molecule has 2 fully saturated rings. The summed E-state index contributed by atoms with van der Waals surface area (Å²) in [5.74, 6) is 1.60. The average Bonchev–Trinajstić information content (AvgIpc) is 3.45. The molecule has 2 aliphatic rings. The van der Waals surface area contributed by atoms with Gasteiger partial charge in [-0.25, -0.2) is 9.50 Å². The van der Waals surface area contributed by atoms with E-state index in [0.717, 1.165) is 79.2 Å². The van der Waals surface area contributed by atoms with Crippen LogP contribution >= 0.6 is 0 Å². The Morgan fingerprint density at radius 3 is 2.85 bits per heavy atom. The Bertz CT molecular complexity index is 1200. The van der Waals surface area contributed by atoms with Gasteiger partial charge in [0.1, 0.15) is 5.82 Å². The summed E-state index contributed by atoms with van der Waals surface area (Å²) in [4.78, 5) is 26.9. The number of hydrogen-bond acceptors (Lipinski definition) is 5. The zero-order valence-electron chi connectivity index (χ0n) is 19.7. The van der Waals surface area contributed by atoms with E-state index in [1.54, 1.807) is 0 Å². The van der Waals surface area contributed by atoms with E-state index in [-0.39, 0.29) is 11.9 Å². The second-order valence-corrected chi connectivity index (χ2v) is 9.40. The lowest BCUT2D eigenvalue weighted by atomic mass is 9.98. The number of aliphatic imine (C=N–C) groups is 1. The zero-order valence-corrected chi connectivity index (χ0v) is 19.7. The van der Waals surface area contributed by atoms with E-state index in [4.69, 9.17) is 10.1 Å². The Morgan fingerprint density at radius 2 is 2.03 bits per heavy atom. The molecule has 1 amide bonds. The number of piperidine rings is 1. The van der Waals surface area contributed by atoms with Crippen LogP contribution in [0.2, 0.25) is 0 Å². The molecule has 2 unspecified atom stereocenters. The number of aryl methyl sites for hydroxylation is 2. The van der Waals surface area contributed by atoms with E-state index in [1.807, 2.05) is 53.9 Å². The maximum Gasteiger partial charge on any atom is 0.254 e. The molecule has 2 aromatic heterocycles.